The molecule has 5 nitrogen and oxygen atoms in total. The van der Waals surface area contributed by atoms with Gasteiger partial charge in [0.2, 0.25) is 0 Å². The lowest BCUT2D eigenvalue weighted by Gasteiger charge is -2.24. The summed E-state index contributed by atoms with van der Waals surface area (Å²) in [5.41, 5.74) is 4.20. The van der Waals surface area contributed by atoms with Crippen molar-refractivity contribution in [3.05, 3.63) is 77.4 Å². The van der Waals surface area contributed by atoms with Crippen molar-refractivity contribution in [1.29, 1.82) is 0 Å². The molecule has 0 aliphatic rings. The molecule has 0 unspecified atom stereocenters. The molecule has 0 saturated heterocycles. The van der Waals surface area contributed by atoms with Gasteiger partial charge in [0.05, 0.1) is 22.8 Å². The summed E-state index contributed by atoms with van der Waals surface area (Å²) in [6.45, 7) is 9.11. The quantitative estimate of drug-likeness (QED) is 0.556. The van der Waals surface area contributed by atoms with Crippen LogP contribution in [0.1, 0.15) is 36.6 Å². The molecule has 0 radical (unpaired) electrons. The van der Waals surface area contributed by atoms with Crippen molar-refractivity contribution < 1.29 is 14.3 Å². The van der Waals surface area contributed by atoms with Crippen molar-refractivity contribution >= 4 is 5.97 Å². The summed E-state index contributed by atoms with van der Waals surface area (Å²) in [5, 5.41) is 0. The fourth-order valence-corrected chi connectivity index (χ4v) is 2.89. The number of hydrogen-bond donors (Lipinski definition) is 0. The summed E-state index contributed by atoms with van der Waals surface area (Å²) in [6.07, 6.45) is 0. The summed E-state index contributed by atoms with van der Waals surface area (Å²) in [4.78, 5) is 21.5. The van der Waals surface area contributed by atoms with Gasteiger partial charge in [0.25, 0.3) is 0 Å². The molecule has 3 rings (SSSR count). The molecule has 0 N–H and O–H groups in total. The number of benzene rings is 2. The van der Waals surface area contributed by atoms with Gasteiger partial charge in [-0.25, -0.2) is 4.79 Å². The van der Waals surface area contributed by atoms with Crippen molar-refractivity contribution in [2.45, 2.75) is 46.8 Å². The number of carbonyl (C=O) groups is 1. The van der Waals surface area contributed by atoms with Crippen LogP contribution in [0.15, 0.2) is 54.6 Å². The monoisotopic (exact) mass is 390 g/mol. The van der Waals surface area contributed by atoms with Crippen LogP contribution in [0.4, 0.5) is 0 Å². The standard InChI is InChI=1S/C24H26N2O3/c1-16-17(2)26-22(18(3)25-16)15-28-23(27)24(4,5)29-21-13-11-20(12-14-21)19-9-7-6-8-10-19/h6-14H,15H2,1-5H3. The molecule has 5 heteroatoms. The van der Waals surface area contributed by atoms with Gasteiger partial charge in [-0.05, 0) is 57.9 Å². The second kappa shape index (κ2) is 8.43. The first kappa shape index (κ1) is 20.5. The topological polar surface area (TPSA) is 61.3 Å². The van der Waals surface area contributed by atoms with Crippen LogP contribution >= 0.6 is 0 Å². The average Bonchev–Trinajstić information content (AvgIpc) is 2.70. The van der Waals surface area contributed by atoms with Gasteiger partial charge in [0.1, 0.15) is 12.4 Å². The van der Waals surface area contributed by atoms with E-state index in [4.69, 9.17) is 9.47 Å². The SMILES string of the molecule is Cc1nc(C)c(COC(=O)C(C)(C)Oc2ccc(-c3ccccc3)cc2)nc1C. The number of aryl methyl sites for hydroxylation is 3. The van der Waals surface area contributed by atoms with Crippen LogP contribution in [0.3, 0.4) is 0 Å². The highest BCUT2D eigenvalue weighted by atomic mass is 16.6. The Balaban J connectivity index is 1.64. The predicted molar refractivity (Wildman–Crippen MR) is 113 cm³/mol. The van der Waals surface area contributed by atoms with E-state index in [9.17, 15) is 4.79 Å². The van der Waals surface area contributed by atoms with Crippen molar-refractivity contribution in [2.75, 3.05) is 0 Å². The van der Waals surface area contributed by atoms with E-state index in [2.05, 4.69) is 22.1 Å². The number of rotatable bonds is 6. The summed E-state index contributed by atoms with van der Waals surface area (Å²) in [5.74, 6) is 0.151. The van der Waals surface area contributed by atoms with E-state index in [0.717, 1.165) is 28.2 Å². The Morgan fingerprint density at radius 1 is 0.828 bits per heavy atom. The van der Waals surface area contributed by atoms with Gasteiger partial charge in [0, 0.05) is 0 Å². The first-order valence-corrected chi connectivity index (χ1v) is 9.59. The highest BCUT2D eigenvalue weighted by molar-refractivity contribution is 5.79. The summed E-state index contributed by atoms with van der Waals surface area (Å²) in [7, 11) is 0. The molecular weight excluding hydrogens is 364 g/mol. The van der Waals surface area contributed by atoms with E-state index in [-0.39, 0.29) is 6.61 Å². The van der Waals surface area contributed by atoms with Gasteiger partial charge in [-0.2, -0.15) is 0 Å². The van der Waals surface area contributed by atoms with E-state index < -0.39 is 11.6 Å². The molecule has 29 heavy (non-hydrogen) atoms. The van der Waals surface area contributed by atoms with Gasteiger partial charge < -0.3 is 9.47 Å². The van der Waals surface area contributed by atoms with E-state index in [1.165, 1.54) is 0 Å². The first-order valence-electron chi connectivity index (χ1n) is 9.59. The molecule has 0 saturated carbocycles. The minimum absolute atomic E-state index is 0.0680. The largest absolute Gasteiger partial charge is 0.476 e. The van der Waals surface area contributed by atoms with Crippen LogP contribution in [0.5, 0.6) is 5.75 Å². The molecule has 0 aliphatic carbocycles. The minimum atomic E-state index is -1.13. The molecule has 0 atom stereocenters. The predicted octanol–water partition coefficient (Wildman–Crippen LogP) is 4.97. The van der Waals surface area contributed by atoms with Crippen LogP contribution in [0.2, 0.25) is 0 Å². The second-order valence-electron chi connectivity index (χ2n) is 7.51. The molecular formula is C24H26N2O3. The fraction of sp³-hybridized carbons (Fsp3) is 0.292. The number of nitrogens with zero attached hydrogens (tertiary/aromatic N) is 2. The molecule has 1 heterocycles. The van der Waals surface area contributed by atoms with Gasteiger partial charge in [-0.15, -0.1) is 0 Å². The summed E-state index contributed by atoms with van der Waals surface area (Å²) < 4.78 is 11.4. The van der Waals surface area contributed by atoms with Crippen molar-refractivity contribution in [3.63, 3.8) is 0 Å². The Kier molecular flexibility index (Phi) is 5.97. The molecule has 0 fully saturated rings. The number of hydrogen-bond acceptors (Lipinski definition) is 5. The Hall–Kier alpha value is -3.21. The third-order valence-electron chi connectivity index (χ3n) is 4.75. The highest BCUT2D eigenvalue weighted by Gasteiger charge is 2.32. The van der Waals surface area contributed by atoms with Gasteiger partial charge in [0.15, 0.2) is 5.60 Å². The summed E-state index contributed by atoms with van der Waals surface area (Å²) in [6, 6.07) is 17.7. The van der Waals surface area contributed by atoms with Gasteiger partial charge in [-0.3, -0.25) is 9.97 Å². The zero-order valence-electron chi connectivity index (χ0n) is 17.5. The summed E-state index contributed by atoms with van der Waals surface area (Å²) >= 11 is 0. The molecule has 0 bridgehead atoms. The second-order valence-corrected chi connectivity index (χ2v) is 7.51. The van der Waals surface area contributed by atoms with Crippen LogP contribution in [-0.4, -0.2) is 21.5 Å². The lowest BCUT2D eigenvalue weighted by molar-refractivity contribution is -0.160. The number of carbonyl (C=O) groups excluding carboxylic acids is 1. The maximum Gasteiger partial charge on any atom is 0.350 e. The fourth-order valence-electron chi connectivity index (χ4n) is 2.89. The minimum Gasteiger partial charge on any atom is -0.476 e. The molecule has 3 aromatic rings. The van der Waals surface area contributed by atoms with Crippen molar-refractivity contribution in [1.82, 2.24) is 9.97 Å². The maximum absolute atomic E-state index is 12.6. The number of ether oxygens (including phenoxy) is 2. The van der Waals surface area contributed by atoms with E-state index in [1.807, 2.05) is 63.2 Å². The Labute approximate surface area is 171 Å². The third kappa shape index (κ3) is 4.99. The Bertz CT molecular complexity index is 997. The number of esters is 1. The molecule has 2 aromatic carbocycles. The first-order chi connectivity index (χ1) is 13.8. The van der Waals surface area contributed by atoms with Crippen LogP contribution in [0.25, 0.3) is 11.1 Å². The van der Waals surface area contributed by atoms with Crippen molar-refractivity contribution in [2.24, 2.45) is 0 Å². The zero-order valence-corrected chi connectivity index (χ0v) is 17.5. The van der Waals surface area contributed by atoms with E-state index in [1.54, 1.807) is 13.8 Å². The molecule has 0 spiro atoms. The maximum atomic E-state index is 12.6. The lowest BCUT2D eigenvalue weighted by atomic mass is 10.1. The smallest absolute Gasteiger partial charge is 0.350 e. The lowest BCUT2D eigenvalue weighted by Crippen LogP contribution is -2.39. The zero-order chi connectivity index (χ0) is 21.0. The molecule has 1 aromatic heterocycles. The van der Waals surface area contributed by atoms with Gasteiger partial charge >= 0.3 is 5.97 Å². The molecule has 0 amide bonds. The van der Waals surface area contributed by atoms with Crippen LogP contribution in [-0.2, 0) is 16.1 Å². The Morgan fingerprint density at radius 3 is 2.07 bits per heavy atom. The van der Waals surface area contributed by atoms with Crippen LogP contribution in [0, 0.1) is 20.8 Å². The average molecular weight is 390 g/mol. The highest BCUT2D eigenvalue weighted by Crippen LogP contribution is 2.25. The van der Waals surface area contributed by atoms with Gasteiger partial charge in [-0.1, -0.05) is 42.5 Å². The van der Waals surface area contributed by atoms with Crippen molar-refractivity contribution in [3.8, 4) is 16.9 Å². The van der Waals surface area contributed by atoms with E-state index in [0.29, 0.717) is 11.4 Å². The number of aromatic nitrogens is 2. The third-order valence-corrected chi connectivity index (χ3v) is 4.75. The van der Waals surface area contributed by atoms with E-state index >= 15 is 0 Å². The molecule has 0 aliphatic heterocycles. The Morgan fingerprint density at radius 2 is 1.41 bits per heavy atom. The normalized spacial score (nSPS) is 11.2. The molecule has 150 valence electrons. The van der Waals surface area contributed by atoms with Crippen LogP contribution < -0.4 is 4.74 Å².